The first-order valence-electron chi connectivity index (χ1n) is 6.37. The van der Waals surface area contributed by atoms with Gasteiger partial charge in [-0.25, -0.2) is 4.39 Å². The van der Waals surface area contributed by atoms with E-state index in [1.807, 2.05) is 0 Å². The van der Waals surface area contributed by atoms with Crippen molar-refractivity contribution in [3.05, 3.63) is 35.6 Å². The van der Waals surface area contributed by atoms with Gasteiger partial charge in [0.25, 0.3) is 5.91 Å². The van der Waals surface area contributed by atoms with E-state index in [0.29, 0.717) is 13.0 Å². The number of carboxylic acid groups (broad SMARTS) is 1. The molecule has 1 aliphatic heterocycles. The van der Waals surface area contributed by atoms with Crippen LogP contribution in [0, 0.1) is 5.82 Å². The molecule has 0 radical (unpaired) electrons. The molecule has 4 nitrogen and oxygen atoms in total. The van der Waals surface area contributed by atoms with Gasteiger partial charge in [0.2, 0.25) is 0 Å². The molecule has 1 aromatic carbocycles. The van der Waals surface area contributed by atoms with E-state index in [-0.39, 0.29) is 18.0 Å². The van der Waals surface area contributed by atoms with Crippen molar-refractivity contribution in [3.8, 4) is 0 Å². The number of hydrogen-bond donors (Lipinski definition) is 1. The smallest absolute Gasteiger partial charge is 0.305 e. The average molecular weight is 265 g/mol. The van der Waals surface area contributed by atoms with Crippen LogP contribution in [-0.4, -0.2) is 34.5 Å². The van der Waals surface area contributed by atoms with Gasteiger partial charge in [-0.3, -0.25) is 9.59 Å². The fourth-order valence-corrected chi connectivity index (χ4v) is 2.47. The minimum Gasteiger partial charge on any atom is -0.481 e. The summed E-state index contributed by atoms with van der Waals surface area (Å²) >= 11 is 0. The average Bonchev–Trinajstić information content (AvgIpc) is 2.38. The maximum atomic E-state index is 13.6. The summed E-state index contributed by atoms with van der Waals surface area (Å²) in [7, 11) is 0. The lowest BCUT2D eigenvalue weighted by molar-refractivity contribution is -0.138. The number of amides is 1. The fraction of sp³-hybridized carbons (Fsp3) is 0.429. The van der Waals surface area contributed by atoms with Crippen LogP contribution in [0.5, 0.6) is 0 Å². The Morgan fingerprint density at radius 2 is 2.05 bits per heavy atom. The van der Waals surface area contributed by atoms with Gasteiger partial charge in [-0.2, -0.15) is 0 Å². The van der Waals surface area contributed by atoms with Gasteiger partial charge >= 0.3 is 5.97 Å². The lowest BCUT2D eigenvalue weighted by Gasteiger charge is -2.35. The predicted molar refractivity (Wildman–Crippen MR) is 67.3 cm³/mol. The number of carboxylic acids is 1. The van der Waals surface area contributed by atoms with E-state index in [1.54, 1.807) is 6.07 Å². The summed E-state index contributed by atoms with van der Waals surface area (Å²) in [6, 6.07) is 5.47. The second kappa shape index (κ2) is 5.82. The van der Waals surface area contributed by atoms with Crippen molar-refractivity contribution in [1.29, 1.82) is 0 Å². The Morgan fingerprint density at radius 3 is 2.74 bits per heavy atom. The summed E-state index contributed by atoms with van der Waals surface area (Å²) in [5.41, 5.74) is 0.0137. The third-order valence-electron chi connectivity index (χ3n) is 3.40. The molecule has 0 aliphatic carbocycles. The van der Waals surface area contributed by atoms with Crippen molar-refractivity contribution < 1.29 is 19.1 Å². The molecule has 102 valence electrons. The van der Waals surface area contributed by atoms with Crippen LogP contribution in [0.4, 0.5) is 4.39 Å². The highest BCUT2D eigenvalue weighted by atomic mass is 19.1. The lowest BCUT2D eigenvalue weighted by Crippen LogP contribution is -2.45. The van der Waals surface area contributed by atoms with Crippen LogP contribution >= 0.6 is 0 Å². The van der Waals surface area contributed by atoms with E-state index in [1.165, 1.54) is 23.1 Å². The Morgan fingerprint density at radius 1 is 1.32 bits per heavy atom. The first kappa shape index (κ1) is 13.5. The summed E-state index contributed by atoms with van der Waals surface area (Å²) in [6.45, 7) is 0.491. The monoisotopic (exact) mass is 265 g/mol. The zero-order valence-corrected chi connectivity index (χ0v) is 10.5. The molecule has 0 aromatic heterocycles. The van der Waals surface area contributed by atoms with Gasteiger partial charge in [0.15, 0.2) is 0 Å². The molecule has 1 aromatic rings. The highest BCUT2D eigenvalue weighted by Gasteiger charge is 2.30. The summed E-state index contributed by atoms with van der Waals surface area (Å²) in [5.74, 6) is -1.91. The summed E-state index contributed by atoms with van der Waals surface area (Å²) in [5, 5.41) is 8.88. The number of piperidine rings is 1. The summed E-state index contributed by atoms with van der Waals surface area (Å²) in [6.07, 6.45) is 2.31. The molecule has 2 rings (SSSR count). The number of benzene rings is 1. The zero-order chi connectivity index (χ0) is 13.8. The Bertz CT molecular complexity index is 489. The topological polar surface area (TPSA) is 57.6 Å². The highest BCUT2D eigenvalue weighted by molar-refractivity contribution is 5.95. The van der Waals surface area contributed by atoms with E-state index in [9.17, 15) is 14.0 Å². The second-order valence-corrected chi connectivity index (χ2v) is 4.73. The molecule has 1 heterocycles. The second-order valence-electron chi connectivity index (χ2n) is 4.73. The molecule has 1 atom stereocenters. The molecular weight excluding hydrogens is 249 g/mol. The van der Waals surface area contributed by atoms with Gasteiger partial charge in [0.05, 0.1) is 12.0 Å². The number of nitrogens with zero attached hydrogens (tertiary/aromatic N) is 1. The van der Waals surface area contributed by atoms with Gasteiger partial charge < -0.3 is 10.0 Å². The molecule has 5 heteroatoms. The molecule has 1 N–H and O–H groups in total. The molecule has 0 saturated carbocycles. The summed E-state index contributed by atoms with van der Waals surface area (Å²) in [4.78, 5) is 24.6. The lowest BCUT2D eigenvalue weighted by atomic mass is 9.98. The Kier molecular flexibility index (Phi) is 4.14. The van der Waals surface area contributed by atoms with E-state index < -0.39 is 17.7 Å². The minimum absolute atomic E-state index is 0.0137. The molecule has 1 fully saturated rings. The van der Waals surface area contributed by atoms with E-state index in [0.717, 1.165) is 12.8 Å². The van der Waals surface area contributed by atoms with Gasteiger partial charge in [0, 0.05) is 12.6 Å². The first-order chi connectivity index (χ1) is 9.09. The van der Waals surface area contributed by atoms with Crippen molar-refractivity contribution in [3.63, 3.8) is 0 Å². The number of likely N-dealkylation sites (tertiary alicyclic amines) is 1. The van der Waals surface area contributed by atoms with Crippen molar-refractivity contribution in [2.75, 3.05) is 6.54 Å². The van der Waals surface area contributed by atoms with E-state index >= 15 is 0 Å². The molecule has 19 heavy (non-hydrogen) atoms. The van der Waals surface area contributed by atoms with Gasteiger partial charge in [-0.1, -0.05) is 12.1 Å². The minimum atomic E-state index is -0.932. The van der Waals surface area contributed by atoms with Crippen molar-refractivity contribution in [2.45, 2.75) is 31.7 Å². The molecule has 1 unspecified atom stereocenters. The largest absolute Gasteiger partial charge is 0.481 e. The van der Waals surface area contributed by atoms with Crippen LogP contribution in [0.15, 0.2) is 24.3 Å². The number of halogens is 1. The first-order valence-corrected chi connectivity index (χ1v) is 6.37. The Labute approximate surface area is 110 Å². The van der Waals surface area contributed by atoms with Crippen molar-refractivity contribution >= 4 is 11.9 Å². The maximum Gasteiger partial charge on any atom is 0.305 e. The third-order valence-corrected chi connectivity index (χ3v) is 3.40. The Hall–Kier alpha value is -1.91. The number of rotatable bonds is 3. The predicted octanol–water partition coefficient (Wildman–Crippen LogP) is 2.30. The maximum absolute atomic E-state index is 13.6. The van der Waals surface area contributed by atoms with Crippen LogP contribution < -0.4 is 0 Å². The van der Waals surface area contributed by atoms with Crippen LogP contribution in [-0.2, 0) is 4.79 Å². The molecule has 1 saturated heterocycles. The van der Waals surface area contributed by atoms with E-state index in [2.05, 4.69) is 0 Å². The van der Waals surface area contributed by atoms with Crippen LogP contribution in [0.3, 0.4) is 0 Å². The quantitative estimate of drug-likeness (QED) is 0.912. The molecule has 0 spiro atoms. The summed E-state index contributed by atoms with van der Waals surface area (Å²) < 4.78 is 13.6. The standard InChI is InChI=1S/C14H16FNO3/c15-12-7-2-1-6-11(12)14(19)16-8-4-3-5-10(16)9-13(17)18/h1-2,6-7,10H,3-5,8-9H2,(H,17,18). The third kappa shape index (κ3) is 3.10. The molecule has 1 amide bonds. The number of carbonyl (C=O) groups is 2. The van der Waals surface area contributed by atoms with Crippen molar-refractivity contribution in [2.24, 2.45) is 0 Å². The van der Waals surface area contributed by atoms with E-state index in [4.69, 9.17) is 5.11 Å². The molecular formula is C14H16FNO3. The highest BCUT2D eigenvalue weighted by Crippen LogP contribution is 2.22. The van der Waals surface area contributed by atoms with Gasteiger partial charge in [0.1, 0.15) is 5.82 Å². The van der Waals surface area contributed by atoms with Gasteiger partial charge in [-0.15, -0.1) is 0 Å². The van der Waals surface area contributed by atoms with Crippen molar-refractivity contribution in [1.82, 2.24) is 4.90 Å². The zero-order valence-electron chi connectivity index (χ0n) is 10.5. The fourth-order valence-electron chi connectivity index (χ4n) is 2.47. The number of carbonyl (C=O) groups excluding carboxylic acids is 1. The van der Waals surface area contributed by atoms with Gasteiger partial charge in [-0.05, 0) is 31.4 Å². The number of hydrogen-bond acceptors (Lipinski definition) is 2. The van der Waals surface area contributed by atoms with Crippen LogP contribution in [0.25, 0.3) is 0 Å². The number of aliphatic carboxylic acids is 1. The SMILES string of the molecule is O=C(O)CC1CCCCN1C(=O)c1ccccc1F. The molecule has 1 aliphatic rings. The Balaban J connectivity index is 2.20. The van der Waals surface area contributed by atoms with Crippen LogP contribution in [0.1, 0.15) is 36.0 Å². The van der Waals surface area contributed by atoms with Crippen LogP contribution in [0.2, 0.25) is 0 Å². The molecule has 0 bridgehead atoms. The normalized spacial score (nSPS) is 19.2.